The van der Waals surface area contributed by atoms with Gasteiger partial charge in [0.25, 0.3) is 0 Å². The van der Waals surface area contributed by atoms with Crippen molar-refractivity contribution in [3.05, 3.63) is 29.3 Å². The van der Waals surface area contributed by atoms with Crippen LogP contribution in [0.5, 0.6) is 0 Å². The van der Waals surface area contributed by atoms with Gasteiger partial charge < -0.3 is 0 Å². The third-order valence-electron chi connectivity index (χ3n) is 2.70. The van der Waals surface area contributed by atoms with E-state index in [9.17, 15) is 8.42 Å². The Kier molecular flexibility index (Phi) is 2.44. The molecule has 0 fully saturated rings. The third-order valence-corrected chi connectivity index (χ3v) is 4.16. The molecule has 0 saturated carbocycles. The zero-order valence-electron chi connectivity index (χ0n) is 8.82. The van der Waals surface area contributed by atoms with Crippen LogP contribution in [0.3, 0.4) is 0 Å². The normalized spacial score (nSPS) is 15.5. The van der Waals surface area contributed by atoms with E-state index in [0.717, 1.165) is 23.2 Å². The van der Waals surface area contributed by atoms with Gasteiger partial charge in [0.2, 0.25) is 0 Å². The molecular formula is C10H14N2O2S. The van der Waals surface area contributed by atoms with Gasteiger partial charge in [0, 0.05) is 13.6 Å². The van der Waals surface area contributed by atoms with Crippen molar-refractivity contribution in [3.63, 3.8) is 0 Å². The van der Waals surface area contributed by atoms with E-state index in [-0.39, 0.29) is 0 Å². The van der Waals surface area contributed by atoms with Gasteiger partial charge in [0.15, 0.2) is 0 Å². The Morgan fingerprint density at radius 3 is 2.80 bits per heavy atom. The lowest BCUT2D eigenvalue weighted by Crippen LogP contribution is -2.38. The van der Waals surface area contributed by atoms with Gasteiger partial charge >= 0.3 is 10.2 Å². The van der Waals surface area contributed by atoms with Crippen LogP contribution in [-0.2, 0) is 16.6 Å². The van der Waals surface area contributed by atoms with Crippen LogP contribution in [-0.4, -0.2) is 22.0 Å². The number of fused-ring (bicyclic) bond motifs is 1. The molecule has 0 amide bonds. The van der Waals surface area contributed by atoms with E-state index >= 15 is 0 Å². The Morgan fingerprint density at radius 2 is 2.13 bits per heavy atom. The Bertz CT molecular complexity index is 482. The molecule has 82 valence electrons. The van der Waals surface area contributed by atoms with Crippen LogP contribution >= 0.6 is 0 Å². The minimum atomic E-state index is -3.35. The van der Waals surface area contributed by atoms with Crippen LogP contribution in [0.4, 0.5) is 5.69 Å². The Morgan fingerprint density at radius 1 is 1.40 bits per heavy atom. The fourth-order valence-electron chi connectivity index (χ4n) is 1.96. The molecule has 5 heteroatoms. The lowest BCUT2D eigenvalue weighted by Gasteiger charge is -2.20. The monoisotopic (exact) mass is 226 g/mol. The van der Waals surface area contributed by atoms with E-state index < -0.39 is 10.2 Å². The number of nitrogens with zero attached hydrogens (tertiary/aromatic N) is 1. The number of benzene rings is 1. The standard InChI is InChI=1S/C10H14N2O2S/c1-8-4-3-5-9-6-7-12(10(8)9)15(13,14)11-2/h3-5,11H,6-7H2,1-2H3. The number of rotatable bonds is 2. The fraction of sp³-hybridized carbons (Fsp3) is 0.400. The molecule has 15 heavy (non-hydrogen) atoms. The summed E-state index contributed by atoms with van der Waals surface area (Å²) in [7, 11) is -1.91. The molecule has 1 aliphatic rings. The number of anilines is 1. The van der Waals surface area contributed by atoms with E-state index in [1.165, 1.54) is 11.4 Å². The molecule has 1 heterocycles. The van der Waals surface area contributed by atoms with Crippen LogP contribution in [0.15, 0.2) is 18.2 Å². The summed E-state index contributed by atoms with van der Waals surface area (Å²) in [5.41, 5.74) is 2.95. The van der Waals surface area contributed by atoms with E-state index in [1.54, 1.807) is 0 Å². The highest BCUT2D eigenvalue weighted by molar-refractivity contribution is 7.90. The Hall–Kier alpha value is -1.07. The summed E-state index contributed by atoms with van der Waals surface area (Å²) >= 11 is 0. The Labute approximate surface area is 90.1 Å². The minimum absolute atomic E-state index is 0.531. The van der Waals surface area contributed by atoms with Crippen LogP contribution in [0.2, 0.25) is 0 Å². The summed E-state index contributed by atoms with van der Waals surface area (Å²) < 4.78 is 27.3. The smallest absolute Gasteiger partial charge is 0.257 e. The molecule has 1 N–H and O–H groups in total. The second-order valence-electron chi connectivity index (χ2n) is 3.61. The van der Waals surface area contributed by atoms with Crippen LogP contribution < -0.4 is 9.03 Å². The first kappa shape index (κ1) is 10.4. The van der Waals surface area contributed by atoms with Crippen molar-refractivity contribution in [2.24, 2.45) is 0 Å². The van der Waals surface area contributed by atoms with Crippen molar-refractivity contribution in [2.75, 3.05) is 17.9 Å². The summed E-state index contributed by atoms with van der Waals surface area (Å²) in [6.07, 6.45) is 0.790. The molecule has 0 atom stereocenters. The highest BCUT2D eigenvalue weighted by atomic mass is 32.2. The number of hydrogen-bond acceptors (Lipinski definition) is 2. The van der Waals surface area contributed by atoms with Gasteiger partial charge in [-0.25, -0.2) is 4.72 Å². The van der Waals surface area contributed by atoms with Gasteiger partial charge in [0.05, 0.1) is 5.69 Å². The summed E-state index contributed by atoms with van der Waals surface area (Å²) in [6, 6.07) is 5.87. The first-order chi connectivity index (χ1) is 7.06. The molecule has 1 aromatic carbocycles. The Balaban J connectivity index is 2.54. The number of para-hydroxylation sites is 1. The van der Waals surface area contributed by atoms with Crippen LogP contribution in [0.25, 0.3) is 0 Å². The van der Waals surface area contributed by atoms with Crippen molar-refractivity contribution in [1.29, 1.82) is 0 Å². The zero-order valence-corrected chi connectivity index (χ0v) is 9.63. The maximum atomic E-state index is 11.7. The highest BCUT2D eigenvalue weighted by Crippen LogP contribution is 2.32. The first-order valence-corrected chi connectivity index (χ1v) is 6.30. The predicted molar refractivity (Wildman–Crippen MR) is 60.2 cm³/mol. The van der Waals surface area contributed by atoms with Crippen LogP contribution in [0.1, 0.15) is 11.1 Å². The predicted octanol–water partition coefficient (Wildman–Crippen LogP) is 0.822. The van der Waals surface area contributed by atoms with Gasteiger partial charge in [-0.3, -0.25) is 4.31 Å². The molecule has 0 aromatic heterocycles. The van der Waals surface area contributed by atoms with Gasteiger partial charge in [0.1, 0.15) is 0 Å². The molecule has 1 aliphatic heterocycles. The fourth-order valence-corrected chi connectivity index (χ4v) is 3.02. The SMILES string of the molecule is CNS(=O)(=O)N1CCc2cccc(C)c21. The molecule has 4 nitrogen and oxygen atoms in total. The quantitative estimate of drug-likeness (QED) is 0.811. The van der Waals surface area contributed by atoms with E-state index in [0.29, 0.717) is 6.54 Å². The molecule has 0 bridgehead atoms. The van der Waals surface area contributed by atoms with E-state index in [4.69, 9.17) is 0 Å². The molecule has 1 aromatic rings. The minimum Gasteiger partial charge on any atom is -0.257 e. The van der Waals surface area contributed by atoms with Crippen molar-refractivity contribution >= 4 is 15.9 Å². The van der Waals surface area contributed by atoms with Crippen LogP contribution in [0, 0.1) is 6.92 Å². The molecule has 0 unspecified atom stereocenters. The number of aryl methyl sites for hydroxylation is 1. The molecular weight excluding hydrogens is 212 g/mol. The second-order valence-corrected chi connectivity index (χ2v) is 5.41. The third kappa shape index (κ3) is 1.61. The average Bonchev–Trinajstić information content (AvgIpc) is 2.63. The summed E-state index contributed by atoms with van der Waals surface area (Å²) in [6.45, 7) is 2.46. The maximum absolute atomic E-state index is 11.7. The highest BCUT2D eigenvalue weighted by Gasteiger charge is 2.29. The van der Waals surface area contributed by atoms with E-state index in [1.807, 2.05) is 25.1 Å². The molecule has 0 spiro atoms. The summed E-state index contributed by atoms with van der Waals surface area (Å²) in [5.74, 6) is 0. The topological polar surface area (TPSA) is 49.4 Å². The first-order valence-electron chi connectivity index (χ1n) is 4.86. The maximum Gasteiger partial charge on any atom is 0.301 e. The number of hydrogen-bond donors (Lipinski definition) is 1. The van der Waals surface area contributed by atoms with Gasteiger partial charge in [-0.05, 0) is 24.5 Å². The molecule has 0 radical (unpaired) electrons. The van der Waals surface area contributed by atoms with Crippen molar-refractivity contribution in [2.45, 2.75) is 13.3 Å². The van der Waals surface area contributed by atoms with Crippen molar-refractivity contribution < 1.29 is 8.42 Å². The zero-order chi connectivity index (χ0) is 11.1. The molecule has 0 saturated heterocycles. The average molecular weight is 226 g/mol. The lowest BCUT2D eigenvalue weighted by molar-refractivity contribution is 0.584. The molecule has 2 rings (SSSR count). The van der Waals surface area contributed by atoms with Crippen molar-refractivity contribution in [3.8, 4) is 0 Å². The largest absolute Gasteiger partial charge is 0.301 e. The molecule has 0 aliphatic carbocycles. The summed E-state index contributed by atoms with van der Waals surface area (Å²) in [4.78, 5) is 0. The van der Waals surface area contributed by atoms with E-state index in [2.05, 4.69) is 4.72 Å². The van der Waals surface area contributed by atoms with Gasteiger partial charge in [-0.2, -0.15) is 8.42 Å². The lowest BCUT2D eigenvalue weighted by atomic mass is 10.1. The van der Waals surface area contributed by atoms with Crippen molar-refractivity contribution in [1.82, 2.24) is 4.72 Å². The van der Waals surface area contributed by atoms with Gasteiger partial charge in [-0.1, -0.05) is 18.2 Å². The second kappa shape index (κ2) is 3.50. The van der Waals surface area contributed by atoms with Gasteiger partial charge in [-0.15, -0.1) is 0 Å². The number of nitrogens with one attached hydrogen (secondary N) is 1. The summed E-state index contributed by atoms with van der Waals surface area (Å²) in [5, 5.41) is 0.